The molecule has 0 saturated carbocycles. The maximum absolute atomic E-state index is 13.5. The molecule has 0 spiro atoms. The molecule has 0 aliphatic rings. The summed E-state index contributed by atoms with van der Waals surface area (Å²) in [7, 11) is 0. The largest absolute Gasteiger partial charge is 0.390 e. The first-order chi connectivity index (χ1) is 8.46. The van der Waals surface area contributed by atoms with Gasteiger partial charge in [0.15, 0.2) is 0 Å². The molecular formula is C14H21F2NO. The van der Waals surface area contributed by atoms with Crippen molar-refractivity contribution in [1.29, 1.82) is 0 Å². The van der Waals surface area contributed by atoms with Gasteiger partial charge in [-0.15, -0.1) is 0 Å². The van der Waals surface area contributed by atoms with Gasteiger partial charge in [-0.3, -0.25) is 0 Å². The normalized spacial score (nSPS) is 14.5. The average molecular weight is 257 g/mol. The molecule has 0 radical (unpaired) electrons. The molecule has 2 N–H and O–H groups in total. The molecule has 1 atom stereocenters. The second-order valence-corrected chi connectivity index (χ2v) is 4.87. The molecule has 2 nitrogen and oxygen atoms in total. The van der Waals surface area contributed by atoms with Crippen LogP contribution in [0.3, 0.4) is 0 Å². The van der Waals surface area contributed by atoms with E-state index in [1.165, 1.54) is 18.2 Å². The third-order valence-corrected chi connectivity index (χ3v) is 2.89. The molecule has 0 fully saturated rings. The van der Waals surface area contributed by atoms with Gasteiger partial charge in [0.1, 0.15) is 11.6 Å². The number of halogens is 2. The molecule has 1 aromatic carbocycles. The van der Waals surface area contributed by atoms with Crippen molar-refractivity contribution in [3.05, 3.63) is 35.4 Å². The summed E-state index contributed by atoms with van der Waals surface area (Å²) >= 11 is 0. The van der Waals surface area contributed by atoms with E-state index in [4.69, 9.17) is 0 Å². The third kappa shape index (κ3) is 4.70. The second-order valence-electron chi connectivity index (χ2n) is 4.87. The molecule has 0 aromatic heterocycles. The van der Waals surface area contributed by atoms with E-state index in [0.717, 1.165) is 13.0 Å². The summed E-state index contributed by atoms with van der Waals surface area (Å²) in [5, 5.41) is 13.3. The summed E-state index contributed by atoms with van der Waals surface area (Å²) in [4.78, 5) is 0. The molecule has 18 heavy (non-hydrogen) atoms. The smallest absolute Gasteiger partial charge is 0.129 e. The lowest BCUT2D eigenvalue weighted by Crippen LogP contribution is -2.33. The maximum atomic E-state index is 13.5. The van der Waals surface area contributed by atoms with Crippen molar-refractivity contribution in [1.82, 2.24) is 5.32 Å². The Labute approximate surface area is 107 Å². The van der Waals surface area contributed by atoms with Crippen molar-refractivity contribution in [2.45, 2.75) is 38.7 Å². The van der Waals surface area contributed by atoms with Gasteiger partial charge in [0.2, 0.25) is 0 Å². The number of rotatable bonds is 7. The van der Waals surface area contributed by atoms with Crippen molar-refractivity contribution in [3.63, 3.8) is 0 Å². The van der Waals surface area contributed by atoms with E-state index in [0.29, 0.717) is 13.0 Å². The number of nitrogens with one attached hydrogen (secondary N) is 1. The van der Waals surface area contributed by atoms with E-state index in [-0.39, 0.29) is 12.0 Å². The molecule has 102 valence electrons. The van der Waals surface area contributed by atoms with Crippen molar-refractivity contribution in [2.24, 2.45) is 0 Å². The van der Waals surface area contributed by atoms with Gasteiger partial charge in [-0.1, -0.05) is 13.0 Å². The lowest BCUT2D eigenvalue weighted by atomic mass is 9.92. The zero-order valence-corrected chi connectivity index (χ0v) is 11.0. The lowest BCUT2D eigenvalue weighted by Gasteiger charge is -2.24. The van der Waals surface area contributed by atoms with Crippen LogP contribution in [0.15, 0.2) is 18.2 Å². The fourth-order valence-electron chi connectivity index (χ4n) is 1.83. The van der Waals surface area contributed by atoms with E-state index in [9.17, 15) is 13.9 Å². The Morgan fingerprint density at radius 3 is 2.39 bits per heavy atom. The Bertz CT molecular complexity index is 360. The minimum absolute atomic E-state index is 0.0146. The van der Waals surface area contributed by atoms with Crippen LogP contribution in [0, 0.1) is 11.6 Å². The Morgan fingerprint density at radius 1 is 1.22 bits per heavy atom. The zero-order chi connectivity index (χ0) is 13.6. The van der Waals surface area contributed by atoms with Gasteiger partial charge in [-0.25, -0.2) is 8.78 Å². The number of hydrogen-bond acceptors (Lipinski definition) is 2. The minimum Gasteiger partial charge on any atom is -0.390 e. The van der Waals surface area contributed by atoms with Crippen molar-refractivity contribution in [2.75, 3.05) is 13.1 Å². The van der Waals surface area contributed by atoms with Gasteiger partial charge in [0.05, 0.1) is 5.60 Å². The van der Waals surface area contributed by atoms with Crippen LogP contribution in [0.25, 0.3) is 0 Å². The lowest BCUT2D eigenvalue weighted by molar-refractivity contribution is 0.0498. The Balaban J connectivity index is 2.59. The first kappa shape index (κ1) is 15.1. The van der Waals surface area contributed by atoms with Crippen LogP contribution in [0.2, 0.25) is 0 Å². The van der Waals surface area contributed by atoms with Crippen LogP contribution >= 0.6 is 0 Å². The Hall–Kier alpha value is -1.00. The summed E-state index contributed by atoms with van der Waals surface area (Å²) in [6.07, 6.45) is 1.46. The molecule has 0 saturated heterocycles. The highest BCUT2D eigenvalue weighted by Gasteiger charge is 2.24. The molecule has 0 bridgehead atoms. The van der Waals surface area contributed by atoms with Gasteiger partial charge in [-0.2, -0.15) is 0 Å². The van der Waals surface area contributed by atoms with Crippen LogP contribution < -0.4 is 5.32 Å². The minimum atomic E-state index is -1.11. The summed E-state index contributed by atoms with van der Waals surface area (Å²) in [5.74, 6) is -1.20. The summed E-state index contributed by atoms with van der Waals surface area (Å²) in [6.45, 7) is 5.17. The first-order valence-electron chi connectivity index (χ1n) is 6.32. The molecule has 1 unspecified atom stereocenters. The Kier molecular flexibility index (Phi) is 5.69. The monoisotopic (exact) mass is 257 g/mol. The highest BCUT2D eigenvalue weighted by Crippen LogP contribution is 2.21. The van der Waals surface area contributed by atoms with Gasteiger partial charge >= 0.3 is 0 Å². The number of benzene rings is 1. The van der Waals surface area contributed by atoms with E-state index in [1.807, 2.05) is 0 Å². The van der Waals surface area contributed by atoms with E-state index in [2.05, 4.69) is 12.2 Å². The molecule has 0 aliphatic carbocycles. The van der Waals surface area contributed by atoms with E-state index < -0.39 is 17.2 Å². The van der Waals surface area contributed by atoms with Crippen LogP contribution in [0.1, 0.15) is 32.3 Å². The predicted octanol–water partition coefficient (Wildman–Crippen LogP) is 2.65. The molecule has 0 amide bonds. The molecular weight excluding hydrogens is 236 g/mol. The third-order valence-electron chi connectivity index (χ3n) is 2.89. The van der Waals surface area contributed by atoms with Gasteiger partial charge in [0.25, 0.3) is 0 Å². The number of aliphatic hydroxyl groups is 1. The van der Waals surface area contributed by atoms with E-state index in [1.54, 1.807) is 6.92 Å². The summed E-state index contributed by atoms with van der Waals surface area (Å²) in [6, 6.07) is 3.75. The van der Waals surface area contributed by atoms with Crippen LogP contribution in [-0.4, -0.2) is 23.8 Å². The van der Waals surface area contributed by atoms with E-state index >= 15 is 0 Å². The van der Waals surface area contributed by atoms with Gasteiger partial charge < -0.3 is 10.4 Å². The zero-order valence-electron chi connectivity index (χ0n) is 11.0. The van der Waals surface area contributed by atoms with Crippen molar-refractivity contribution in [3.8, 4) is 0 Å². The molecule has 0 heterocycles. The van der Waals surface area contributed by atoms with Crippen molar-refractivity contribution >= 4 is 0 Å². The highest BCUT2D eigenvalue weighted by atomic mass is 19.1. The van der Waals surface area contributed by atoms with Gasteiger partial charge in [-0.05, 0) is 45.0 Å². The highest BCUT2D eigenvalue weighted by molar-refractivity contribution is 5.21. The summed E-state index contributed by atoms with van der Waals surface area (Å²) in [5.41, 5.74) is -1.15. The molecule has 1 aromatic rings. The maximum Gasteiger partial charge on any atom is 0.129 e. The fourth-order valence-corrected chi connectivity index (χ4v) is 1.83. The molecule has 1 rings (SSSR count). The molecule has 4 heteroatoms. The Morgan fingerprint density at radius 2 is 1.83 bits per heavy atom. The topological polar surface area (TPSA) is 32.3 Å². The first-order valence-corrected chi connectivity index (χ1v) is 6.32. The molecule has 0 aliphatic heterocycles. The summed E-state index contributed by atoms with van der Waals surface area (Å²) < 4.78 is 26.9. The van der Waals surface area contributed by atoms with Crippen molar-refractivity contribution < 1.29 is 13.9 Å². The quantitative estimate of drug-likeness (QED) is 0.736. The van der Waals surface area contributed by atoms with Crippen LogP contribution in [0.5, 0.6) is 0 Å². The van der Waals surface area contributed by atoms with Crippen LogP contribution in [-0.2, 0) is 6.42 Å². The predicted molar refractivity (Wildman–Crippen MR) is 68.5 cm³/mol. The standard InChI is InChI=1S/C14H21F2NO/c1-3-8-17-9-7-14(2,18)10-11-12(15)5-4-6-13(11)16/h4-6,17-18H,3,7-10H2,1-2H3. The van der Waals surface area contributed by atoms with Gasteiger partial charge in [0, 0.05) is 12.0 Å². The second kappa shape index (κ2) is 6.81. The average Bonchev–Trinajstić information content (AvgIpc) is 2.30. The SMILES string of the molecule is CCCNCCC(C)(O)Cc1c(F)cccc1F. The van der Waals surface area contributed by atoms with Crippen LogP contribution in [0.4, 0.5) is 8.78 Å². The number of hydrogen-bond donors (Lipinski definition) is 2. The fraction of sp³-hybridized carbons (Fsp3) is 0.571.